The quantitative estimate of drug-likeness (QED) is 0.454. The lowest BCUT2D eigenvalue weighted by Gasteiger charge is -2.39. The van der Waals surface area contributed by atoms with Gasteiger partial charge in [0.05, 0.1) is 13.2 Å². The number of pyridine rings is 1. The van der Waals surface area contributed by atoms with Gasteiger partial charge in [0.1, 0.15) is 6.04 Å². The molecule has 0 amide bonds. The number of hydrogen-bond acceptors (Lipinski definition) is 7. The van der Waals surface area contributed by atoms with Crippen molar-refractivity contribution in [2.75, 3.05) is 44.8 Å². The van der Waals surface area contributed by atoms with Gasteiger partial charge in [0.2, 0.25) is 0 Å². The van der Waals surface area contributed by atoms with Gasteiger partial charge in [-0.1, -0.05) is 29.8 Å². The van der Waals surface area contributed by atoms with E-state index in [0.717, 1.165) is 42.6 Å². The van der Waals surface area contributed by atoms with Gasteiger partial charge in [0.15, 0.2) is 5.82 Å². The number of aromatic nitrogens is 5. The standard InChI is InChI=1S/C25H29N7O2/c1-18-8-9-22-19(16-18)17-21(25(33)26-22)23(24-27-28-29-32(24)14-15-34-2)31-12-10-30(11-13-31)20-6-4-3-5-7-20/h3-9,16-17,23H,10-15H2,1-2H3,(H,26,33)/t23-/m0/s1. The first-order valence-corrected chi connectivity index (χ1v) is 11.6. The number of aryl methyl sites for hydroxylation is 1. The highest BCUT2D eigenvalue weighted by molar-refractivity contribution is 5.79. The third kappa shape index (κ3) is 4.44. The summed E-state index contributed by atoms with van der Waals surface area (Å²) in [6, 6.07) is 18.1. The monoisotopic (exact) mass is 459 g/mol. The molecule has 1 N–H and O–H groups in total. The summed E-state index contributed by atoms with van der Waals surface area (Å²) in [6.07, 6.45) is 0. The molecular weight excluding hydrogens is 430 g/mol. The highest BCUT2D eigenvalue weighted by Crippen LogP contribution is 2.29. The summed E-state index contributed by atoms with van der Waals surface area (Å²) in [6.45, 7) is 6.32. The van der Waals surface area contributed by atoms with Crippen molar-refractivity contribution in [3.05, 3.63) is 81.9 Å². The molecule has 9 nitrogen and oxygen atoms in total. The van der Waals surface area contributed by atoms with Gasteiger partial charge in [-0.3, -0.25) is 9.69 Å². The van der Waals surface area contributed by atoms with Gasteiger partial charge in [-0.2, -0.15) is 0 Å². The van der Waals surface area contributed by atoms with E-state index >= 15 is 0 Å². The van der Waals surface area contributed by atoms with Crippen LogP contribution in [0.2, 0.25) is 0 Å². The lowest BCUT2D eigenvalue weighted by atomic mass is 10.0. The van der Waals surface area contributed by atoms with E-state index in [1.165, 1.54) is 5.69 Å². The Bertz CT molecular complexity index is 1310. The van der Waals surface area contributed by atoms with Crippen LogP contribution in [0.1, 0.15) is 23.0 Å². The van der Waals surface area contributed by atoms with Crippen LogP contribution in [0, 0.1) is 6.92 Å². The van der Waals surface area contributed by atoms with E-state index in [-0.39, 0.29) is 11.6 Å². The van der Waals surface area contributed by atoms with Crippen LogP contribution in [-0.2, 0) is 11.3 Å². The van der Waals surface area contributed by atoms with Crippen molar-refractivity contribution >= 4 is 16.6 Å². The third-order valence-corrected chi connectivity index (χ3v) is 6.44. The van der Waals surface area contributed by atoms with Crippen LogP contribution >= 0.6 is 0 Å². The second kappa shape index (κ2) is 9.74. The Morgan fingerprint density at radius 1 is 1.06 bits per heavy atom. The highest BCUT2D eigenvalue weighted by atomic mass is 16.5. The number of benzene rings is 2. The SMILES string of the molecule is COCCn1nnnc1[C@H](c1cc2cc(C)ccc2[nH]c1=O)N1CCN(c2ccccc2)CC1. The lowest BCUT2D eigenvalue weighted by molar-refractivity contribution is 0.171. The zero-order chi connectivity index (χ0) is 23.5. The number of anilines is 1. The number of hydrogen-bond donors (Lipinski definition) is 1. The molecule has 4 aromatic rings. The van der Waals surface area contributed by atoms with Crippen molar-refractivity contribution in [3.63, 3.8) is 0 Å². The Balaban J connectivity index is 1.53. The van der Waals surface area contributed by atoms with E-state index < -0.39 is 0 Å². The number of nitrogens with zero attached hydrogens (tertiary/aromatic N) is 6. The maximum atomic E-state index is 13.3. The fourth-order valence-corrected chi connectivity index (χ4v) is 4.67. The molecule has 1 atom stereocenters. The van der Waals surface area contributed by atoms with Gasteiger partial charge < -0.3 is 14.6 Å². The third-order valence-electron chi connectivity index (χ3n) is 6.44. The molecule has 1 fully saturated rings. The molecule has 1 aliphatic rings. The second-order valence-corrected chi connectivity index (χ2v) is 8.66. The smallest absolute Gasteiger partial charge is 0.253 e. The van der Waals surface area contributed by atoms with E-state index in [2.05, 4.69) is 67.6 Å². The lowest BCUT2D eigenvalue weighted by Crippen LogP contribution is -2.49. The molecule has 34 heavy (non-hydrogen) atoms. The molecular formula is C25H29N7O2. The topological polar surface area (TPSA) is 92.2 Å². The van der Waals surface area contributed by atoms with Gasteiger partial charge in [0, 0.05) is 50.1 Å². The summed E-state index contributed by atoms with van der Waals surface area (Å²) in [5.41, 5.74) is 3.71. The zero-order valence-corrected chi connectivity index (χ0v) is 19.5. The van der Waals surface area contributed by atoms with Gasteiger partial charge in [-0.25, -0.2) is 4.68 Å². The normalized spacial score (nSPS) is 15.6. The number of fused-ring (bicyclic) bond motifs is 1. The highest BCUT2D eigenvalue weighted by Gasteiger charge is 2.32. The number of H-pyrrole nitrogens is 1. The molecule has 5 rings (SSSR count). The average Bonchev–Trinajstić information content (AvgIpc) is 3.32. The maximum Gasteiger partial charge on any atom is 0.253 e. The number of nitrogens with one attached hydrogen (secondary N) is 1. The van der Waals surface area contributed by atoms with E-state index in [1.54, 1.807) is 11.8 Å². The molecule has 0 saturated carbocycles. The number of ether oxygens (including phenoxy) is 1. The van der Waals surface area contributed by atoms with Crippen LogP contribution in [0.4, 0.5) is 5.69 Å². The number of aromatic amines is 1. The minimum absolute atomic E-state index is 0.117. The predicted molar refractivity (Wildman–Crippen MR) is 131 cm³/mol. The number of tetrazole rings is 1. The minimum atomic E-state index is -0.363. The number of para-hydroxylation sites is 1. The predicted octanol–water partition coefficient (Wildman–Crippen LogP) is 2.38. The second-order valence-electron chi connectivity index (χ2n) is 8.66. The summed E-state index contributed by atoms with van der Waals surface area (Å²) in [7, 11) is 1.65. The first kappa shape index (κ1) is 22.2. The Morgan fingerprint density at radius 3 is 2.62 bits per heavy atom. The molecule has 0 spiro atoms. The van der Waals surface area contributed by atoms with Crippen LogP contribution in [-0.4, -0.2) is 70.0 Å². The van der Waals surface area contributed by atoms with Crippen molar-refractivity contribution in [3.8, 4) is 0 Å². The zero-order valence-electron chi connectivity index (χ0n) is 19.5. The Morgan fingerprint density at radius 2 is 1.85 bits per heavy atom. The average molecular weight is 460 g/mol. The van der Waals surface area contributed by atoms with Gasteiger partial charge in [0.25, 0.3) is 5.56 Å². The fraction of sp³-hybridized carbons (Fsp3) is 0.360. The Labute approximate surface area is 198 Å². The molecule has 1 aliphatic heterocycles. The van der Waals surface area contributed by atoms with Crippen LogP contribution in [0.25, 0.3) is 10.9 Å². The summed E-state index contributed by atoms with van der Waals surface area (Å²) in [5.74, 6) is 0.655. The Kier molecular flexibility index (Phi) is 6.37. The molecule has 176 valence electrons. The van der Waals surface area contributed by atoms with Crippen molar-refractivity contribution in [1.82, 2.24) is 30.1 Å². The van der Waals surface area contributed by atoms with E-state index in [1.807, 2.05) is 24.3 Å². The fourth-order valence-electron chi connectivity index (χ4n) is 4.67. The largest absolute Gasteiger partial charge is 0.383 e. The van der Waals surface area contributed by atoms with E-state index in [0.29, 0.717) is 24.5 Å². The summed E-state index contributed by atoms with van der Waals surface area (Å²) < 4.78 is 7.00. The first-order chi connectivity index (χ1) is 16.6. The van der Waals surface area contributed by atoms with Gasteiger partial charge in [-0.15, -0.1) is 5.10 Å². The van der Waals surface area contributed by atoms with Crippen molar-refractivity contribution in [2.24, 2.45) is 0 Å². The summed E-state index contributed by atoms with van der Waals surface area (Å²) in [5, 5.41) is 13.5. The van der Waals surface area contributed by atoms with Crippen molar-refractivity contribution in [1.29, 1.82) is 0 Å². The van der Waals surface area contributed by atoms with Crippen LogP contribution in [0.15, 0.2) is 59.4 Å². The van der Waals surface area contributed by atoms with Crippen LogP contribution in [0.3, 0.4) is 0 Å². The molecule has 1 saturated heterocycles. The van der Waals surface area contributed by atoms with Gasteiger partial charge >= 0.3 is 0 Å². The number of piperazine rings is 1. The molecule has 2 aromatic heterocycles. The number of rotatable bonds is 7. The summed E-state index contributed by atoms with van der Waals surface area (Å²) in [4.78, 5) is 21.1. The number of methoxy groups -OCH3 is 1. The Hall–Kier alpha value is -3.56. The van der Waals surface area contributed by atoms with Crippen molar-refractivity contribution in [2.45, 2.75) is 19.5 Å². The minimum Gasteiger partial charge on any atom is -0.383 e. The molecule has 0 radical (unpaired) electrons. The van der Waals surface area contributed by atoms with E-state index in [9.17, 15) is 4.79 Å². The first-order valence-electron chi connectivity index (χ1n) is 11.6. The maximum absolute atomic E-state index is 13.3. The molecule has 0 unspecified atom stereocenters. The van der Waals surface area contributed by atoms with Crippen LogP contribution < -0.4 is 10.5 Å². The van der Waals surface area contributed by atoms with Crippen molar-refractivity contribution < 1.29 is 4.74 Å². The molecule has 3 heterocycles. The molecule has 0 bridgehead atoms. The molecule has 9 heteroatoms. The summed E-state index contributed by atoms with van der Waals surface area (Å²) >= 11 is 0. The van der Waals surface area contributed by atoms with Gasteiger partial charge in [-0.05, 0) is 53.1 Å². The van der Waals surface area contributed by atoms with E-state index in [4.69, 9.17) is 4.74 Å². The van der Waals surface area contributed by atoms with Crippen LogP contribution in [0.5, 0.6) is 0 Å². The molecule has 2 aromatic carbocycles. The molecule has 0 aliphatic carbocycles.